The fourth-order valence-electron chi connectivity index (χ4n) is 1.61. The van der Waals surface area contributed by atoms with Crippen molar-refractivity contribution in [1.82, 2.24) is 4.98 Å². The predicted octanol–water partition coefficient (Wildman–Crippen LogP) is 5.46. The number of hydrogen-bond acceptors (Lipinski definition) is 3. The zero-order valence-corrected chi connectivity index (χ0v) is 13.5. The van der Waals surface area contributed by atoms with Gasteiger partial charge in [0.05, 0.1) is 10.6 Å². The SMILES string of the molecule is CCc1c(Br)cnc(Cl)c1NSc1ccc(F)cc1F. The van der Waals surface area contributed by atoms with Gasteiger partial charge in [0.25, 0.3) is 0 Å². The largest absolute Gasteiger partial charge is 0.323 e. The minimum atomic E-state index is -0.625. The van der Waals surface area contributed by atoms with Gasteiger partial charge in [-0.15, -0.1) is 0 Å². The van der Waals surface area contributed by atoms with E-state index in [1.54, 1.807) is 6.20 Å². The van der Waals surface area contributed by atoms with Crippen LogP contribution in [-0.2, 0) is 6.42 Å². The van der Waals surface area contributed by atoms with Crippen molar-refractivity contribution in [1.29, 1.82) is 0 Å². The Bertz CT molecular complexity index is 640. The van der Waals surface area contributed by atoms with Gasteiger partial charge >= 0.3 is 0 Å². The second kappa shape index (κ2) is 6.74. The molecular formula is C13H10BrClF2N2S. The highest BCUT2D eigenvalue weighted by atomic mass is 79.9. The molecule has 0 atom stereocenters. The predicted molar refractivity (Wildman–Crippen MR) is 82.2 cm³/mol. The Kier molecular flexibility index (Phi) is 5.23. The lowest BCUT2D eigenvalue weighted by Crippen LogP contribution is -1.98. The maximum absolute atomic E-state index is 13.6. The maximum Gasteiger partial charge on any atom is 0.153 e. The lowest BCUT2D eigenvalue weighted by Gasteiger charge is -2.13. The van der Waals surface area contributed by atoms with Gasteiger partial charge in [-0.05, 0) is 52.0 Å². The quantitative estimate of drug-likeness (QED) is 0.564. The summed E-state index contributed by atoms with van der Waals surface area (Å²) in [5.74, 6) is -1.23. The second-order valence-corrected chi connectivity index (χ2v) is 5.94. The lowest BCUT2D eigenvalue weighted by atomic mass is 10.2. The van der Waals surface area contributed by atoms with Crippen molar-refractivity contribution >= 4 is 45.2 Å². The van der Waals surface area contributed by atoms with Crippen LogP contribution in [0.25, 0.3) is 0 Å². The summed E-state index contributed by atoms with van der Waals surface area (Å²) in [7, 11) is 0. The molecular weight excluding hydrogens is 370 g/mol. The fourth-order valence-corrected chi connectivity index (χ4v) is 3.18. The van der Waals surface area contributed by atoms with E-state index < -0.39 is 11.6 Å². The first-order valence-electron chi connectivity index (χ1n) is 5.73. The number of benzene rings is 1. The molecule has 1 aromatic heterocycles. The Balaban J connectivity index is 2.25. The molecule has 0 aliphatic carbocycles. The van der Waals surface area contributed by atoms with Crippen molar-refractivity contribution in [3.8, 4) is 0 Å². The molecule has 20 heavy (non-hydrogen) atoms. The van der Waals surface area contributed by atoms with Gasteiger partial charge in [-0.1, -0.05) is 18.5 Å². The van der Waals surface area contributed by atoms with Gasteiger partial charge in [-0.25, -0.2) is 13.8 Å². The number of aromatic nitrogens is 1. The molecule has 1 N–H and O–H groups in total. The van der Waals surface area contributed by atoms with Crippen LogP contribution in [0.4, 0.5) is 14.5 Å². The number of hydrogen-bond donors (Lipinski definition) is 1. The molecule has 0 unspecified atom stereocenters. The van der Waals surface area contributed by atoms with Gasteiger partial charge in [0, 0.05) is 16.7 Å². The maximum atomic E-state index is 13.6. The first-order valence-corrected chi connectivity index (χ1v) is 7.72. The molecule has 2 rings (SSSR count). The Morgan fingerprint density at radius 2 is 2.15 bits per heavy atom. The Labute approximate surface area is 133 Å². The Hall–Kier alpha value is -0.850. The number of nitrogens with zero attached hydrogens (tertiary/aromatic N) is 1. The van der Waals surface area contributed by atoms with Gasteiger partial charge in [-0.2, -0.15) is 0 Å². The van der Waals surface area contributed by atoms with E-state index in [2.05, 4.69) is 25.6 Å². The van der Waals surface area contributed by atoms with E-state index in [1.807, 2.05) is 6.92 Å². The van der Waals surface area contributed by atoms with Gasteiger partial charge < -0.3 is 4.72 Å². The third-order valence-corrected chi connectivity index (χ3v) is 4.43. The molecule has 1 aromatic carbocycles. The van der Waals surface area contributed by atoms with E-state index in [-0.39, 0.29) is 4.90 Å². The van der Waals surface area contributed by atoms with Crippen LogP contribution >= 0.6 is 39.5 Å². The number of rotatable bonds is 4. The standard InChI is InChI=1S/C13H10BrClF2N2S/c1-2-8-9(14)6-18-13(15)12(8)19-20-11-4-3-7(16)5-10(11)17/h3-6,19H,2H2,1H3. The molecule has 106 valence electrons. The average Bonchev–Trinajstić information content (AvgIpc) is 2.41. The molecule has 2 nitrogen and oxygen atoms in total. The summed E-state index contributed by atoms with van der Waals surface area (Å²) in [6, 6.07) is 3.41. The normalized spacial score (nSPS) is 10.7. The summed E-state index contributed by atoms with van der Waals surface area (Å²) in [4.78, 5) is 4.31. The minimum absolute atomic E-state index is 0.282. The second-order valence-electron chi connectivity index (χ2n) is 3.88. The number of pyridine rings is 1. The van der Waals surface area contributed by atoms with Gasteiger partial charge in [0.1, 0.15) is 11.6 Å². The summed E-state index contributed by atoms with van der Waals surface area (Å²) in [6.07, 6.45) is 2.35. The number of anilines is 1. The van der Waals surface area contributed by atoms with Crippen molar-refractivity contribution in [2.75, 3.05) is 4.72 Å². The molecule has 0 amide bonds. The molecule has 0 bridgehead atoms. The zero-order chi connectivity index (χ0) is 14.7. The third kappa shape index (κ3) is 3.42. The van der Waals surface area contributed by atoms with Crippen LogP contribution < -0.4 is 4.72 Å². The third-order valence-electron chi connectivity index (χ3n) is 2.60. The van der Waals surface area contributed by atoms with Crippen molar-refractivity contribution in [2.45, 2.75) is 18.2 Å². The van der Waals surface area contributed by atoms with E-state index in [0.29, 0.717) is 10.8 Å². The summed E-state index contributed by atoms with van der Waals surface area (Å²) in [6.45, 7) is 1.98. The molecule has 0 saturated carbocycles. The number of halogens is 4. The average molecular weight is 380 g/mol. The van der Waals surface area contributed by atoms with Crippen molar-refractivity contribution < 1.29 is 8.78 Å². The fraction of sp³-hybridized carbons (Fsp3) is 0.154. The van der Waals surface area contributed by atoms with Crippen LogP contribution in [0.5, 0.6) is 0 Å². The van der Waals surface area contributed by atoms with Crippen LogP contribution in [0.15, 0.2) is 33.8 Å². The topological polar surface area (TPSA) is 24.9 Å². The van der Waals surface area contributed by atoms with Crippen LogP contribution in [0.2, 0.25) is 5.15 Å². The molecule has 1 heterocycles. The van der Waals surface area contributed by atoms with Crippen LogP contribution in [-0.4, -0.2) is 4.98 Å². The van der Waals surface area contributed by atoms with E-state index in [9.17, 15) is 8.78 Å². The van der Waals surface area contributed by atoms with Crippen molar-refractivity contribution in [3.05, 3.63) is 51.2 Å². The molecule has 0 spiro atoms. The van der Waals surface area contributed by atoms with Gasteiger partial charge in [0.15, 0.2) is 5.15 Å². The van der Waals surface area contributed by atoms with Gasteiger partial charge in [-0.3, -0.25) is 0 Å². The van der Waals surface area contributed by atoms with Crippen LogP contribution in [0.1, 0.15) is 12.5 Å². The summed E-state index contributed by atoms with van der Waals surface area (Å²) in [5.41, 5.74) is 1.57. The molecule has 0 saturated heterocycles. The summed E-state index contributed by atoms with van der Waals surface area (Å²) < 4.78 is 30.2. The molecule has 2 aromatic rings. The van der Waals surface area contributed by atoms with E-state index in [4.69, 9.17) is 11.6 Å². The molecule has 0 aliphatic rings. The van der Waals surface area contributed by atoms with Gasteiger partial charge in [0.2, 0.25) is 0 Å². The van der Waals surface area contributed by atoms with E-state index in [0.717, 1.165) is 34.5 Å². The summed E-state index contributed by atoms with van der Waals surface area (Å²) >= 11 is 10.5. The Morgan fingerprint density at radius 1 is 1.40 bits per heavy atom. The molecule has 0 aliphatic heterocycles. The monoisotopic (exact) mass is 378 g/mol. The van der Waals surface area contributed by atoms with Crippen LogP contribution in [0.3, 0.4) is 0 Å². The minimum Gasteiger partial charge on any atom is -0.323 e. The number of nitrogens with one attached hydrogen (secondary N) is 1. The smallest absolute Gasteiger partial charge is 0.153 e. The first kappa shape index (κ1) is 15.5. The molecule has 0 fully saturated rings. The van der Waals surface area contributed by atoms with E-state index >= 15 is 0 Å². The highest BCUT2D eigenvalue weighted by Gasteiger charge is 2.12. The molecule has 0 radical (unpaired) electrons. The lowest BCUT2D eigenvalue weighted by molar-refractivity contribution is 0.566. The summed E-state index contributed by atoms with van der Waals surface area (Å²) in [5, 5.41) is 0.306. The van der Waals surface area contributed by atoms with Crippen LogP contribution in [0, 0.1) is 11.6 Å². The van der Waals surface area contributed by atoms with Crippen molar-refractivity contribution in [2.24, 2.45) is 0 Å². The van der Waals surface area contributed by atoms with Crippen molar-refractivity contribution in [3.63, 3.8) is 0 Å². The highest BCUT2D eigenvalue weighted by molar-refractivity contribution is 9.10. The zero-order valence-electron chi connectivity index (χ0n) is 10.4. The first-order chi connectivity index (χ1) is 9.52. The molecule has 7 heteroatoms. The Morgan fingerprint density at radius 3 is 2.80 bits per heavy atom. The highest BCUT2D eigenvalue weighted by Crippen LogP contribution is 2.34. The van der Waals surface area contributed by atoms with E-state index in [1.165, 1.54) is 12.1 Å².